The van der Waals surface area contributed by atoms with Crippen LogP contribution in [-0.2, 0) is 6.54 Å². The molecule has 2 aromatic rings. The van der Waals surface area contributed by atoms with Crippen LogP contribution in [0.4, 0.5) is 0 Å². The molecule has 2 heterocycles. The summed E-state index contributed by atoms with van der Waals surface area (Å²) >= 11 is 0. The fourth-order valence-electron chi connectivity index (χ4n) is 1.38. The van der Waals surface area contributed by atoms with Crippen LogP contribution < -0.4 is 5.73 Å². The van der Waals surface area contributed by atoms with E-state index in [4.69, 9.17) is 11.1 Å². The van der Waals surface area contributed by atoms with Crippen molar-refractivity contribution in [2.24, 2.45) is 5.73 Å². The summed E-state index contributed by atoms with van der Waals surface area (Å²) in [4.78, 5) is 4.07. The normalized spacial score (nSPS) is 10.1. The van der Waals surface area contributed by atoms with Gasteiger partial charge in [0.15, 0.2) is 0 Å². The third-order valence-corrected chi connectivity index (χ3v) is 2.04. The van der Waals surface area contributed by atoms with Crippen LogP contribution in [0.1, 0.15) is 11.3 Å². The largest absolute Gasteiger partial charge is 0.382 e. The maximum absolute atomic E-state index is 7.39. The van der Waals surface area contributed by atoms with E-state index in [-0.39, 0.29) is 5.84 Å². The van der Waals surface area contributed by atoms with Gasteiger partial charge in [-0.1, -0.05) is 6.07 Å². The third-order valence-electron chi connectivity index (χ3n) is 2.04. The molecular formula is C10H11N5. The van der Waals surface area contributed by atoms with Crippen molar-refractivity contribution in [3.63, 3.8) is 0 Å². The molecule has 0 spiro atoms. The number of nitrogens with zero attached hydrogens (tertiary/aromatic N) is 3. The van der Waals surface area contributed by atoms with Crippen LogP contribution in [0.25, 0.3) is 0 Å². The maximum atomic E-state index is 7.39. The molecule has 15 heavy (non-hydrogen) atoms. The Labute approximate surface area is 87.1 Å². The van der Waals surface area contributed by atoms with Crippen molar-refractivity contribution >= 4 is 5.84 Å². The summed E-state index contributed by atoms with van der Waals surface area (Å²) in [5.41, 5.74) is 6.85. The molecule has 0 amide bonds. The maximum Gasteiger partial charge on any atom is 0.142 e. The van der Waals surface area contributed by atoms with E-state index in [9.17, 15) is 0 Å². The van der Waals surface area contributed by atoms with Crippen molar-refractivity contribution in [1.82, 2.24) is 14.8 Å². The number of amidine groups is 1. The van der Waals surface area contributed by atoms with E-state index in [1.807, 2.05) is 24.4 Å². The fraction of sp³-hybridized carbons (Fsp3) is 0.100. The Morgan fingerprint density at radius 3 is 2.93 bits per heavy atom. The third kappa shape index (κ3) is 2.01. The highest BCUT2D eigenvalue weighted by atomic mass is 15.3. The lowest BCUT2D eigenvalue weighted by atomic mass is 10.2. The highest BCUT2D eigenvalue weighted by Crippen LogP contribution is 2.06. The Morgan fingerprint density at radius 1 is 1.40 bits per heavy atom. The van der Waals surface area contributed by atoms with Crippen molar-refractivity contribution in [1.29, 1.82) is 5.41 Å². The predicted molar refractivity (Wildman–Crippen MR) is 56.6 cm³/mol. The number of nitrogen functional groups attached to an aromatic ring is 1. The van der Waals surface area contributed by atoms with Gasteiger partial charge in [-0.25, -0.2) is 0 Å². The number of aromatic nitrogens is 3. The summed E-state index contributed by atoms with van der Waals surface area (Å²) in [5.74, 6) is -0.0160. The highest BCUT2D eigenvalue weighted by molar-refractivity contribution is 5.94. The number of pyridine rings is 1. The molecule has 0 saturated heterocycles. The van der Waals surface area contributed by atoms with Gasteiger partial charge < -0.3 is 5.73 Å². The first-order chi connectivity index (χ1) is 7.27. The molecule has 3 N–H and O–H groups in total. The molecule has 0 saturated carbocycles. The lowest BCUT2D eigenvalue weighted by Gasteiger charge is -2.06. The number of rotatable bonds is 3. The van der Waals surface area contributed by atoms with Gasteiger partial charge in [-0.15, -0.1) is 0 Å². The molecule has 0 bridgehead atoms. The minimum Gasteiger partial charge on any atom is -0.382 e. The smallest absolute Gasteiger partial charge is 0.142 e. The van der Waals surface area contributed by atoms with Crippen LogP contribution in [0.3, 0.4) is 0 Å². The van der Waals surface area contributed by atoms with E-state index in [1.165, 1.54) is 0 Å². The number of nitrogens with two attached hydrogens (primary N) is 1. The molecule has 0 radical (unpaired) electrons. The van der Waals surface area contributed by atoms with Crippen LogP contribution in [0, 0.1) is 5.41 Å². The first-order valence-electron chi connectivity index (χ1n) is 4.53. The Hall–Kier alpha value is -2.17. The number of hydrogen-bond acceptors (Lipinski definition) is 3. The molecule has 0 unspecified atom stereocenters. The first kappa shape index (κ1) is 9.39. The summed E-state index contributed by atoms with van der Waals surface area (Å²) in [7, 11) is 0. The zero-order valence-electron chi connectivity index (χ0n) is 8.09. The Kier molecular flexibility index (Phi) is 2.45. The van der Waals surface area contributed by atoms with Crippen molar-refractivity contribution in [2.45, 2.75) is 6.54 Å². The SMILES string of the molecule is N=C(N)c1ncccc1Cn1cccn1. The standard InChI is InChI=1S/C10H11N5/c11-10(12)9-8(3-1-4-13-9)7-15-6-2-5-14-15/h1-6H,7H2,(H3,11,12). The zero-order chi connectivity index (χ0) is 10.7. The van der Waals surface area contributed by atoms with E-state index < -0.39 is 0 Å². The second-order valence-corrected chi connectivity index (χ2v) is 3.13. The topological polar surface area (TPSA) is 80.6 Å². The second-order valence-electron chi connectivity index (χ2n) is 3.13. The van der Waals surface area contributed by atoms with Gasteiger partial charge in [-0.05, 0) is 12.1 Å². The monoisotopic (exact) mass is 201 g/mol. The molecule has 0 aliphatic rings. The number of hydrogen-bond donors (Lipinski definition) is 2. The molecule has 5 nitrogen and oxygen atoms in total. The Balaban J connectivity index is 2.32. The van der Waals surface area contributed by atoms with Gasteiger partial charge in [0, 0.05) is 24.2 Å². The van der Waals surface area contributed by atoms with Crippen molar-refractivity contribution in [3.8, 4) is 0 Å². The van der Waals surface area contributed by atoms with Gasteiger partial charge in [0.05, 0.1) is 6.54 Å². The van der Waals surface area contributed by atoms with Gasteiger partial charge in [-0.2, -0.15) is 5.10 Å². The highest BCUT2D eigenvalue weighted by Gasteiger charge is 2.06. The molecule has 0 aliphatic carbocycles. The van der Waals surface area contributed by atoms with Gasteiger partial charge in [0.1, 0.15) is 11.5 Å². The average Bonchev–Trinajstić information content (AvgIpc) is 2.71. The van der Waals surface area contributed by atoms with Gasteiger partial charge in [0.25, 0.3) is 0 Å². The summed E-state index contributed by atoms with van der Waals surface area (Å²) in [5, 5.41) is 11.5. The van der Waals surface area contributed by atoms with Crippen LogP contribution in [0.2, 0.25) is 0 Å². The van der Waals surface area contributed by atoms with Gasteiger partial charge >= 0.3 is 0 Å². The van der Waals surface area contributed by atoms with Crippen molar-refractivity contribution < 1.29 is 0 Å². The van der Waals surface area contributed by atoms with Crippen LogP contribution >= 0.6 is 0 Å². The molecule has 76 valence electrons. The molecule has 2 aromatic heterocycles. The van der Waals surface area contributed by atoms with Crippen LogP contribution in [0.15, 0.2) is 36.8 Å². The Bertz CT molecular complexity index is 460. The van der Waals surface area contributed by atoms with Gasteiger partial charge in [-0.3, -0.25) is 15.1 Å². The zero-order valence-corrected chi connectivity index (χ0v) is 8.09. The molecular weight excluding hydrogens is 190 g/mol. The summed E-state index contributed by atoms with van der Waals surface area (Å²) < 4.78 is 1.77. The molecule has 0 atom stereocenters. The molecule has 0 aliphatic heterocycles. The first-order valence-corrected chi connectivity index (χ1v) is 4.53. The molecule has 0 fully saturated rings. The van der Waals surface area contributed by atoms with E-state index >= 15 is 0 Å². The average molecular weight is 201 g/mol. The van der Waals surface area contributed by atoms with Crippen LogP contribution in [-0.4, -0.2) is 20.6 Å². The van der Waals surface area contributed by atoms with Crippen molar-refractivity contribution in [3.05, 3.63) is 48.0 Å². The molecule has 5 heteroatoms. The lowest BCUT2D eigenvalue weighted by Crippen LogP contribution is -2.17. The predicted octanol–water partition coefficient (Wildman–Crippen LogP) is 0.610. The van der Waals surface area contributed by atoms with Crippen molar-refractivity contribution in [2.75, 3.05) is 0 Å². The van der Waals surface area contributed by atoms with E-state index in [0.29, 0.717) is 12.2 Å². The van der Waals surface area contributed by atoms with Crippen LogP contribution in [0.5, 0.6) is 0 Å². The van der Waals surface area contributed by atoms with Gasteiger partial charge in [0.2, 0.25) is 0 Å². The summed E-state index contributed by atoms with van der Waals surface area (Å²) in [6, 6.07) is 5.57. The Morgan fingerprint density at radius 2 is 2.27 bits per heavy atom. The van der Waals surface area contributed by atoms with E-state index in [0.717, 1.165) is 5.56 Å². The summed E-state index contributed by atoms with van der Waals surface area (Å²) in [6.07, 6.45) is 5.20. The van der Waals surface area contributed by atoms with E-state index in [2.05, 4.69) is 10.1 Å². The second kappa shape index (κ2) is 3.91. The molecule has 2 rings (SSSR count). The lowest BCUT2D eigenvalue weighted by molar-refractivity contribution is 0.683. The minimum atomic E-state index is -0.0160. The fourth-order valence-corrected chi connectivity index (χ4v) is 1.38. The number of nitrogens with one attached hydrogen (secondary N) is 1. The quantitative estimate of drug-likeness (QED) is 0.564. The summed E-state index contributed by atoms with van der Waals surface area (Å²) in [6.45, 7) is 0.579. The van der Waals surface area contributed by atoms with E-state index in [1.54, 1.807) is 17.1 Å². The minimum absolute atomic E-state index is 0.0160. The molecule has 0 aromatic carbocycles.